The molecule has 0 bridgehead atoms. The quantitative estimate of drug-likeness (QED) is 0.891. The van der Waals surface area contributed by atoms with Crippen molar-refractivity contribution in [2.24, 2.45) is 7.05 Å². The van der Waals surface area contributed by atoms with Gasteiger partial charge in [-0.05, 0) is 43.9 Å². The minimum absolute atomic E-state index is 0.677. The summed E-state index contributed by atoms with van der Waals surface area (Å²) in [6, 6.07) is 6.82. The van der Waals surface area contributed by atoms with Crippen LogP contribution in [0.3, 0.4) is 0 Å². The maximum Gasteiger partial charge on any atom is 0.0515 e. The largest absolute Gasteiger partial charge is 0.347 e. The number of likely N-dealkylation sites (N-methyl/N-ethyl adjacent to an activating group) is 1. The van der Waals surface area contributed by atoms with Gasteiger partial charge in [0.15, 0.2) is 0 Å². The predicted octanol–water partition coefficient (Wildman–Crippen LogP) is 3.38. The lowest BCUT2D eigenvalue weighted by atomic mass is 9.86. The lowest BCUT2D eigenvalue weighted by Gasteiger charge is -2.24. The molecule has 1 aromatic carbocycles. The summed E-state index contributed by atoms with van der Waals surface area (Å²) in [4.78, 5) is 0. The van der Waals surface area contributed by atoms with Crippen molar-refractivity contribution >= 4 is 10.9 Å². The van der Waals surface area contributed by atoms with Crippen LogP contribution in [-0.2, 0) is 19.9 Å². The van der Waals surface area contributed by atoms with Gasteiger partial charge in [0.1, 0.15) is 0 Å². The number of aryl methyl sites for hydroxylation is 3. The summed E-state index contributed by atoms with van der Waals surface area (Å²) in [7, 11) is 4.32. The Hall–Kier alpha value is -1.28. The number of nitrogens with one attached hydrogen (secondary N) is 1. The summed E-state index contributed by atoms with van der Waals surface area (Å²) in [6.45, 7) is 3.35. The van der Waals surface area contributed by atoms with Crippen LogP contribution in [0.15, 0.2) is 18.2 Å². The smallest absolute Gasteiger partial charge is 0.0515 e. The van der Waals surface area contributed by atoms with Crippen LogP contribution in [-0.4, -0.2) is 18.2 Å². The van der Waals surface area contributed by atoms with E-state index in [1.807, 2.05) is 0 Å². The van der Waals surface area contributed by atoms with Crippen LogP contribution in [0.5, 0.6) is 0 Å². The fourth-order valence-corrected chi connectivity index (χ4v) is 3.87. The Morgan fingerprint density at radius 3 is 2.95 bits per heavy atom. The van der Waals surface area contributed by atoms with Crippen molar-refractivity contribution in [1.29, 1.82) is 0 Å². The molecule has 1 unspecified atom stereocenters. The Morgan fingerprint density at radius 1 is 1.37 bits per heavy atom. The number of rotatable bonds is 3. The predicted molar refractivity (Wildman–Crippen MR) is 81.9 cm³/mol. The summed E-state index contributed by atoms with van der Waals surface area (Å²) in [5.74, 6) is 0.677. The Labute approximate surface area is 115 Å². The molecule has 0 radical (unpaired) electrons. The van der Waals surface area contributed by atoms with Gasteiger partial charge in [-0.3, -0.25) is 0 Å². The standard InChI is InChI=1S/C17H24N2/c1-4-12-7-5-9-14-15-10-6-8-13(11-18-2)17(15)19(3)16(12)14/h5,7,9,13,18H,4,6,8,10-11H2,1-3H3. The Kier molecular flexibility index (Phi) is 3.36. The fraction of sp³-hybridized carbons (Fsp3) is 0.529. The molecular weight excluding hydrogens is 232 g/mol. The third-order valence-corrected chi connectivity index (χ3v) is 4.65. The van der Waals surface area contributed by atoms with E-state index in [1.54, 1.807) is 11.3 Å². The van der Waals surface area contributed by atoms with Crippen LogP contribution in [0.25, 0.3) is 10.9 Å². The molecule has 1 N–H and O–H groups in total. The zero-order valence-corrected chi connectivity index (χ0v) is 12.3. The highest BCUT2D eigenvalue weighted by Crippen LogP contribution is 2.38. The van der Waals surface area contributed by atoms with Crippen LogP contribution in [0.1, 0.15) is 42.5 Å². The van der Waals surface area contributed by atoms with Gasteiger partial charge < -0.3 is 9.88 Å². The van der Waals surface area contributed by atoms with Gasteiger partial charge in [0.2, 0.25) is 0 Å². The third kappa shape index (κ3) is 1.90. The van der Waals surface area contributed by atoms with Gasteiger partial charge in [-0.2, -0.15) is 0 Å². The van der Waals surface area contributed by atoms with Gasteiger partial charge in [-0.25, -0.2) is 0 Å². The van der Waals surface area contributed by atoms with Crippen molar-refractivity contribution in [2.45, 2.75) is 38.5 Å². The maximum atomic E-state index is 3.37. The minimum Gasteiger partial charge on any atom is -0.347 e. The maximum absolute atomic E-state index is 3.37. The van der Waals surface area contributed by atoms with Crippen molar-refractivity contribution in [2.75, 3.05) is 13.6 Å². The number of para-hydroxylation sites is 1. The average molecular weight is 256 g/mol. The molecule has 0 saturated carbocycles. The minimum atomic E-state index is 0.677. The van der Waals surface area contributed by atoms with E-state index in [9.17, 15) is 0 Å². The average Bonchev–Trinajstić information content (AvgIpc) is 2.74. The first-order valence-corrected chi connectivity index (χ1v) is 7.51. The topological polar surface area (TPSA) is 17.0 Å². The van der Waals surface area contributed by atoms with Gasteiger partial charge >= 0.3 is 0 Å². The number of nitrogens with zero attached hydrogens (tertiary/aromatic N) is 1. The Bertz CT molecular complexity index is 595. The molecule has 3 rings (SSSR count). The number of benzene rings is 1. The van der Waals surface area contributed by atoms with Crippen molar-refractivity contribution in [1.82, 2.24) is 9.88 Å². The van der Waals surface area contributed by atoms with E-state index in [2.05, 4.69) is 49.1 Å². The zero-order chi connectivity index (χ0) is 13.4. The molecule has 2 aromatic rings. The van der Waals surface area contributed by atoms with E-state index in [-0.39, 0.29) is 0 Å². The van der Waals surface area contributed by atoms with Gasteiger partial charge in [0.05, 0.1) is 5.52 Å². The summed E-state index contributed by atoms with van der Waals surface area (Å²) < 4.78 is 2.48. The molecule has 0 spiro atoms. The van der Waals surface area contributed by atoms with Crippen molar-refractivity contribution < 1.29 is 0 Å². The van der Waals surface area contributed by atoms with Crippen LogP contribution in [0.4, 0.5) is 0 Å². The van der Waals surface area contributed by atoms with Gasteiger partial charge in [0, 0.05) is 30.6 Å². The lowest BCUT2D eigenvalue weighted by molar-refractivity contribution is 0.506. The molecule has 1 aliphatic rings. The second kappa shape index (κ2) is 5.01. The lowest BCUT2D eigenvalue weighted by Crippen LogP contribution is -2.22. The number of aromatic nitrogens is 1. The zero-order valence-electron chi connectivity index (χ0n) is 12.3. The van der Waals surface area contributed by atoms with Crippen molar-refractivity contribution in [3.63, 3.8) is 0 Å². The molecule has 19 heavy (non-hydrogen) atoms. The third-order valence-electron chi connectivity index (χ3n) is 4.65. The summed E-state index contributed by atoms with van der Waals surface area (Å²) in [6.07, 6.45) is 5.01. The van der Waals surface area contributed by atoms with Crippen LogP contribution in [0, 0.1) is 0 Å². The second-order valence-corrected chi connectivity index (χ2v) is 5.74. The Morgan fingerprint density at radius 2 is 2.21 bits per heavy atom. The van der Waals surface area contributed by atoms with Gasteiger partial charge in [-0.1, -0.05) is 25.1 Å². The monoisotopic (exact) mass is 256 g/mol. The van der Waals surface area contributed by atoms with Crippen LogP contribution >= 0.6 is 0 Å². The number of hydrogen-bond acceptors (Lipinski definition) is 1. The first-order valence-electron chi connectivity index (χ1n) is 7.51. The molecule has 1 aliphatic carbocycles. The first kappa shape index (κ1) is 12.7. The Balaban J connectivity index is 2.26. The van der Waals surface area contributed by atoms with E-state index < -0.39 is 0 Å². The molecule has 1 atom stereocenters. The fourth-order valence-electron chi connectivity index (χ4n) is 3.87. The number of fused-ring (bicyclic) bond motifs is 3. The van der Waals surface area contributed by atoms with Crippen LogP contribution < -0.4 is 5.32 Å². The van der Waals surface area contributed by atoms with E-state index in [0.29, 0.717) is 5.92 Å². The molecule has 0 saturated heterocycles. The van der Waals surface area contributed by atoms with Crippen LogP contribution in [0.2, 0.25) is 0 Å². The highest BCUT2D eigenvalue weighted by Gasteiger charge is 2.26. The molecule has 1 aromatic heterocycles. The molecule has 102 valence electrons. The number of hydrogen-bond donors (Lipinski definition) is 1. The molecular formula is C17H24N2. The van der Waals surface area contributed by atoms with Crippen molar-refractivity contribution in [3.8, 4) is 0 Å². The second-order valence-electron chi connectivity index (χ2n) is 5.74. The molecule has 2 nitrogen and oxygen atoms in total. The van der Waals surface area contributed by atoms with Gasteiger partial charge in [-0.15, -0.1) is 0 Å². The van der Waals surface area contributed by atoms with E-state index in [4.69, 9.17) is 0 Å². The summed E-state index contributed by atoms with van der Waals surface area (Å²) >= 11 is 0. The summed E-state index contributed by atoms with van der Waals surface area (Å²) in [5, 5.41) is 4.86. The first-order chi connectivity index (χ1) is 9.27. The summed E-state index contributed by atoms with van der Waals surface area (Å²) in [5.41, 5.74) is 6.14. The van der Waals surface area contributed by atoms with E-state index in [0.717, 1.165) is 13.0 Å². The molecule has 0 amide bonds. The molecule has 1 heterocycles. The SMILES string of the molecule is CCc1cccc2c3c(n(C)c12)C(CNC)CCC3. The molecule has 2 heteroatoms. The van der Waals surface area contributed by atoms with Crippen molar-refractivity contribution in [3.05, 3.63) is 35.0 Å². The highest BCUT2D eigenvalue weighted by atomic mass is 15.0. The van der Waals surface area contributed by atoms with E-state index >= 15 is 0 Å². The van der Waals surface area contributed by atoms with E-state index in [1.165, 1.54) is 35.7 Å². The highest BCUT2D eigenvalue weighted by molar-refractivity contribution is 5.88. The normalized spacial score (nSPS) is 18.8. The molecule has 0 aliphatic heterocycles. The van der Waals surface area contributed by atoms with Gasteiger partial charge in [0.25, 0.3) is 0 Å². The molecule has 0 fully saturated rings.